The van der Waals surface area contributed by atoms with Gasteiger partial charge < -0.3 is 10.1 Å². The molecule has 0 aliphatic carbocycles. The van der Waals surface area contributed by atoms with Crippen molar-refractivity contribution in [2.24, 2.45) is 5.92 Å². The van der Waals surface area contributed by atoms with E-state index in [1.807, 2.05) is 0 Å². The van der Waals surface area contributed by atoms with Gasteiger partial charge >= 0.3 is 6.09 Å². The summed E-state index contributed by atoms with van der Waals surface area (Å²) in [4.78, 5) is 35.6. The monoisotopic (exact) mass is 228 g/mol. The van der Waals surface area contributed by atoms with E-state index in [0.29, 0.717) is 0 Å². The molecule has 1 aliphatic rings. The first kappa shape index (κ1) is 12.6. The minimum Gasteiger partial charge on any atom is -0.447 e. The van der Waals surface area contributed by atoms with Crippen molar-refractivity contribution in [2.75, 3.05) is 20.2 Å². The summed E-state index contributed by atoms with van der Waals surface area (Å²) in [5.41, 5.74) is 0. The number of cyclic esters (lactones) is 1. The number of carbonyl (C=O) groups is 3. The standard InChI is InChI=1S/C10H16N2O4/c1-6(8(13)7(2)11-3)9(14)12-4-5-16-10(12)15/h6-7,11H,4-5H2,1-3H3. The zero-order valence-electron chi connectivity index (χ0n) is 9.65. The van der Waals surface area contributed by atoms with Gasteiger partial charge in [-0.2, -0.15) is 0 Å². The van der Waals surface area contributed by atoms with Crippen molar-refractivity contribution in [1.29, 1.82) is 0 Å². The Morgan fingerprint density at radius 1 is 1.44 bits per heavy atom. The number of ketones is 1. The van der Waals surface area contributed by atoms with Crippen LogP contribution in [0.3, 0.4) is 0 Å². The fourth-order valence-electron chi connectivity index (χ4n) is 1.47. The molecule has 1 rings (SSSR count). The van der Waals surface area contributed by atoms with E-state index in [2.05, 4.69) is 10.1 Å². The molecule has 1 aliphatic heterocycles. The van der Waals surface area contributed by atoms with Crippen LogP contribution in [-0.2, 0) is 14.3 Å². The molecule has 1 fully saturated rings. The number of ether oxygens (including phenoxy) is 1. The van der Waals surface area contributed by atoms with Crippen LogP contribution in [0, 0.1) is 5.92 Å². The topological polar surface area (TPSA) is 75.7 Å². The first-order chi connectivity index (χ1) is 7.49. The molecule has 0 bridgehead atoms. The van der Waals surface area contributed by atoms with Crippen molar-refractivity contribution in [2.45, 2.75) is 19.9 Å². The van der Waals surface area contributed by atoms with Gasteiger partial charge in [0.2, 0.25) is 5.91 Å². The lowest BCUT2D eigenvalue weighted by atomic mass is 10.00. The molecule has 1 N–H and O–H groups in total. The predicted molar refractivity (Wildman–Crippen MR) is 55.8 cm³/mol. The number of rotatable bonds is 4. The summed E-state index contributed by atoms with van der Waals surface area (Å²) in [6.07, 6.45) is -0.665. The van der Waals surface area contributed by atoms with Crippen molar-refractivity contribution in [3.8, 4) is 0 Å². The van der Waals surface area contributed by atoms with Crippen molar-refractivity contribution in [3.63, 3.8) is 0 Å². The number of amides is 2. The highest BCUT2D eigenvalue weighted by Gasteiger charge is 2.35. The minimum atomic E-state index is -0.826. The Morgan fingerprint density at radius 3 is 2.50 bits per heavy atom. The zero-order chi connectivity index (χ0) is 12.3. The molecule has 2 unspecified atom stereocenters. The van der Waals surface area contributed by atoms with Crippen molar-refractivity contribution >= 4 is 17.8 Å². The molecule has 0 aromatic rings. The Labute approximate surface area is 93.9 Å². The molecule has 0 radical (unpaired) electrons. The summed E-state index contributed by atoms with van der Waals surface area (Å²) in [6, 6.07) is -0.405. The smallest absolute Gasteiger partial charge is 0.416 e. The number of hydrogen-bond acceptors (Lipinski definition) is 5. The lowest BCUT2D eigenvalue weighted by Gasteiger charge is -2.18. The molecule has 90 valence electrons. The fourth-order valence-corrected chi connectivity index (χ4v) is 1.47. The third-order valence-electron chi connectivity index (χ3n) is 2.68. The number of Topliss-reactive ketones (excluding diaryl/α,β-unsaturated/α-hetero) is 1. The number of nitrogens with zero attached hydrogens (tertiary/aromatic N) is 1. The molecule has 6 heteroatoms. The summed E-state index contributed by atoms with van der Waals surface area (Å²) >= 11 is 0. The van der Waals surface area contributed by atoms with Crippen LogP contribution in [0.25, 0.3) is 0 Å². The second-order valence-corrected chi connectivity index (χ2v) is 3.74. The highest BCUT2D eigenvalue weighted by molar-refractivity contribution is 6.07. The molecular formula is C10H16N2O4. The van der Waals surface area contributed by atoms with Gasteiger partial charge in [0.05, 0.1) is 18.5 Å². The van der Waals surface area contributed by atoms with Crippen molar-refractivity contribution < 1.29 is 19.1 Å². The molecule has 1 heterocycles. The second-order valence-electron chi connectivity index (χ2n) is 3.74. The maximum atomic E-state index is 11.8. The summed E-state index contributed by atoms with van der Waals surface area (Å²) < 4.78 is 4.64. The molecule has 1 saturated heterocycles. The van der Waals surface area contributed by atoms with Crippen LogP contribution in [0.1, 0.15) is 13.8 Å². The van der Waals surface area contributed by atoms with Crippen LogP contribution in [-0.4, -0.2) is 48.9 Å². The third kappa shape index (κ3) is 2.38. The molecule has 2 atom stereocenters. The summed E-state index contributed by atoms with van der Waals surface area (Å²) in [6.45, 7) is 3.61. The number of carbonyl (C=O) groups excluding carboxylic acids is 3. The molecule has 0 saturated carbocycles. The maximum absolute atomic E-state index is 11.8. The van der Waals surface area contributed by atoms with E-state index in [1.54, 1.807) is 14.0 Å². The van der Waals surface area contributed by atoms with Crippen molar-refractivity contribution in [1.82, 2.24) is 10.2 Å². The molecule has 2 amide bonds. The number of likely N-dealkylation sites (N-methyl/N-ethyl adjacent to an activating group) is 1. The van der Waals surface area contributed by atoms with Crippen LogP contribution in [0.5, 0.6) is 0 Å². The normalized spacial score (nSPS) is 19.2. The molecule has 0 spiro atoms. The largest absolute Gasteiger partial charge is 0.447 e. The molecular weight excluding hydrogens is 212 g/mol. The summed E-state index contributed by atoms with van der Waals surface area (Å²) in [5.74, 6) is -1.55. The molecule has 0 aromatic heterocycles. The van der Waals surface area contributed by atoms with Gasteiger partial charge in [-0.25, -0.2) is 9.69 Å². The van der Waals surface area contributed by atoms with Crippen LogP contribution >= 0.6 is 0 Å². The Hall–Kier alpha value is -1.43. The zero-order valence-corrected chi connectivity index (χ0v) is 9.65. The van der Waals surface area contributed by atoms with E-state index in [0.717, 1.165) is 4.90 Å². The Balaban J connectivity index is 2.66. The summed E-state index contributed by atoms with van der Waals surface area (Å²) in [5, 5.41) is 2.77. The minimum absolute atomic E-state index is 0.201. The lowest BCUT2D eigenvalue weighted by Crippen LogP contribution is -2.44. The molecule has 16 heavy (non-hydrogen) atoms. The van der Waals surface area contributed by atoms with Gasteiger partial charge in [0.15, 0.2) is 5.78 Å². The predicted octanol–water partition coefficient (Wildman–Crippen LogP) is -0.222. The number of nitrogens with one attached hydrogen (secondary N) is 1. The summed E-state index contributed by atoms with van der Waals surface area (Å²) in [7, 11) is 1.64. The van der Waals surface area contributed by atoms with Gasteiger partial charge in [-0.05, 0) is 20.9 Å². The Morgan fingerprint density at radius 2 is 2.06 bits per heavy atom. The third-order valence-corrected chi connectivity index (χ3v) is 2.68. The van der Waals surface area contributed by atoms with Gasteiger partial charge in [0.25, 0.3) is 0 Å². The lowest BCUT2D eigenvalue weighted by molar-refractivity contribution is -0.138. The first-order valence-corrected chi connectivity index (χ1v) is 5.18. The molecule has 0 aromatic carbocycles. The van der Waals surface area contributed by atoms with Gasteiger partial charge in [-0.3, -0.25) is 9.59 Å². The average molecular weight is 228 g/mol. The van der Waals surface area contributed by atoms with E-state index in [9.17, 15) is 14.4 Å². The quantitative estimate of drug-likeness (QED) is 0.673. The first-order valence-electron chi connectivity index (χ1n) is 5.18. The van der Waals surface area contributed by atoms with Gasteiger partial charge in [-0.15, -0.1) is 0 Å². The van der Waals surface area contributed by atoms with Gasteiger partial charge in [0.1, 0.15) is 6.61 Å². The average Bonchev–Trinajstić information content (AvgIpc) is 2.71. The highest BCUT2D eigenvalue weighted by atomic mass is 16.6. The van der Waals surface area contributed by atoms with E-state index < -0.39 is 24.0 Å². The van der Waals surface area contributed by atoms with Gasteiger partial charge in [0, 0.05) is 0 Å². The fraction of sp³-hybridized carbons (Fsp3) is 0.700. The van der Waals surface area contributed by atoms with Crippen LogP contribution in [0.2, 0.25) is 0 Å². The van der Waals surface area contributed by atoms with Crippen molar-refractivity contribution in [3.05, 3.63) is 0 Å². The van der Waals surface area contributed by atoms with Gasteiger partial charge in [-0.1, -0.05) is 0 Å². The van der Waals surface area contributed by atoms with E-state index in [-0.39, 0.29) is 18.9 Å². The maximum Gasteiger partial charge on any atom is 0.416 e. The SMILES string of the molecule is CNC(C)C(=O)C(C)C(=O)N1CCOC1=O. The highest BCUT2D eigenvalue weighted by Crippen LogP contribution is 2.11. The van der Waals surface area contributed by atoms with E-state index in [1.165, 1.54) is 6.92 Å². The Kier molecular flexibility index (Phi) is 4.00. The number of imide groups is 1. The van der Waals surface area contributed by atoms with Crippen LogP contribution < -0.4 is 5.32 Å². The Bertz CT molecular complexity index is 316. The molecule has 6 nitrogen and oxygen atoms in total. The second kappa shape index (κ2) is 5.07. The van der Waals surface area contributed by atoms with E-state index >= 15 is 0 Å². The van der Waals surface area contributed by atoms with Crippen LogP contribution in [0.4, 0.5) is 4.79 Å². The van der Waals surface area contributed by atoms with Crippen LogP contribution in [0.15, 0.2) is 0 Å². The number of hydrogen-bond donors (Lipinski definition) is 1. The van der Waals surface area contributed by atoms with E-state index in [4.69, 9.17) is 0 Å².